The summed E-state index contributed by atoms with van der Waals surface area (Å²) in [5, 5.41) is 5.47. The Labute approximate surface area is 173 Å². The minimum Gasteiger partial charge on any atom is -0.496 e. The van der Waals surface area contributed by atoms with E-state index in [9.17, 15) is 0 Å². The number of aromatic nitrogens is 4. The number of rotatable bonds is 5. The van der Waals surface area contributed by atoms with Crippen molar-refractivity contribution in [3.63, 3.8) is 0 Å². The van der Waals surface area contributed by atoms with Crippen molar-refractivity contribution in [2.75, 3.05) is 12.4 Å². The SMILES string of the molecule is COc1cc2ncnc(Nc3ccc4[nH]ccc4c3)c2cc1C=Cc1ccccn1. The topological polar surface area (TPSA) is 75.7 Å². The number of nitrogens with one attached hydrogen (secondary N) is 2. The van der Waals surface area contributed by atoms with Crippen molar-refractivity contribution in [1.29, 1.82) is 0 Å². The minimum absolute atomic E-state index is 0.741. The van der Waals surface area contributed by atoms with Crippen LogP contribution in [0.25, 0.3) is 34.0 Å². The third kappa shape index (κ3) is 3.46. The molecule has 0 saturated heterocycles. The van der Waals surface area contributed by atoms with Gasteiger partial charge in [-0.05, 0) is 54.6 Å². The fraction of sp³-hybridized carbons (Fsp3) is 0.0417. The molecule has 2 aromatic carbocycles. The predicted octanol–water partition coefficient (Wildman–Crippen LogP) is 5.43. The number of H-pyrrole nitrogens is 1. The van der Waals surface area contributed by atoms with Crippen LogP contribution in [-0.2, 0) is 0 Å². The Hall–Kier alpha value is -4.19. The quantitative estimate of drug-likeness (QED) is 0.416. The molecule has 3 aromatic heterocycles. The highest BCUT2D eigenvalue weighted by atomic mass is 16.5. The number of anilines is 2. The maximum Gasteiger partial charge on any atom is 0.141 e. The summed E-state index contributed by atoms with van der Waals surface area (Å²) in [7, 11) is 1.66. The number of hydrogen-bond donors (Lipinski definition) is 2. The van der Waals surface area contributed by atoms with Crippen LogP contribution in [0.2, 0.25) is 0 Å². The maximum atomic E-state index is 5.58. The maximum absolute atomic E-state index is 5.58. The molecule has 0 atom stereocenters. The zero-order valence-corrected chi connectivity index (χ0v) is 16.3. The molecule has 146 valence electrons. The first kappa shape index (κ1) is 17.9. The lowest BCUT2D eigenvalue weighted by molar-refractivity contribution is 0.414. The predicted molar refractivity (Wildman–Crippen MR) is 121 cm³/mol. The molecule has 6 nitrogen and oxygen atoms in total. The fourth-order valence-electron chi connectivity index (χ4n) is 3.42. The summed E-state index contributed by atoms with van der Waals surface area (Å²) in [4.78, 5) is 16.4. The molecule has 0 aliphatic rings. The first-order valence-electron chi connectivity index (χ1n) is 9.56. The zero-order valence-electron chi connectivity index (χ0n) is 16.3. The van der Waals surface area contributed by atoms with E-state index in [1.807, 2.05) is 66.9 Å². The van der Waals surface area contributed by atoms with Crippen molar-refractivity contribution in [3.8, 4) is 5.75 Å². The number of methoxy groups -OCH3 is 1. The number of benzene rings is 2. The molecule has 0 aliphatic heterocycles. The van der Waals surface area contributed by atoms with Crippen LogP contribution >= 0.6 is 0 Å². The normalized spacial score (nSPS) is 11.4. The second-order valence-electron chi connectivity index (χ2n) is 6.83. The van der Waals surface area contributed by atoms with E-state index >= 15 is 0 Å². The van der Waals surface area contributed by atoms with Gasteiger partial charge in [0.1, 0.15) is 17.9 Å². The van der Waals surface area contributed by atoms with Gasteiger partial charge in [-0.3, -0.25) is 4.98 Å². The van der Waals surface area contributed by atoms with Crippen molar-refractivity contribution in [2.24, 2.45) is 0 Å². The second kappa shape index (κ2) is 7.67. The van der Waals surface area contributed by atoms with Gasteiger partial charge in [0.15, 0.2) is 0 Å². The molecule has 0 bridgehead atoms. The summed E-state index contributed by atoms with van der Waals surface area (Å²) >= 11 is 0. The van der Waals surface area contributed by atoms with Gasteiger partial charge < -0.3 is 15.0 Å². The van der Waals surface area contributed by atoms with Crippen molar-refractivity contribution >= 4 is 45.5 Å². The number of hydrogen-bond acceptors (Lipinski definition) is 5. The van der Waals surface area contributed by atoms with Gasteiger partial charge in [0, 0.05) is 46.0 Å². The molecule has 2 N–H and O–H groups in total. The van der Waals surface area contributed by atoms with Crippen molar-refractivity contribution in [2.45, 2.75) is 0 Å². The number of nitrogens with zero attached hydrogens (tertiary/aromatic N) is 3. The molecular weight excluding hydrogens is 374 g/mol. The van der Waals surface area contributed by atoms with Crippen LogP contribution in [-0.4, -0.2) is 27.0 Å². The van der Waals surface area contributed by atoms with Crippen LogP contribution in [0.3, 0.4) is 0 Å². The molecule has 0 saturated carbocycles. The molecule has 0 radical (unpaired) electrons. The molecule has 0 unspecified atom stereocenters. The average Bonchev–Trinajstić information content (AvgIpc) is 3.26. The van der Waals surface area contributed by atoms with Gasteiger partial charge in [0.25, 0.3) is 0 Å². The first-order chi connectivity index (χ1) is 14.8. The van der Waals surface area contributed by atoms with Crippen molar-refractivity contribution < 1.29 is 4.74 Å². The Morgan fingerprint density at radius 1 is 0.967 bits per heavy atom. The largest absolute Gasteiger partial charge is 0.496 e. The van der Waals surface area contributed by atoms with Crippen molar-refractivity contribution in [3.05, 3.63) is 84.6 Å². The van der Waals surface area contributed by atoms with E-state index in [0.717, 1.165) is 50.3 Å². The van der Waals surface area contributed by atoms with Crippen LogP contribution in [0.5, 0.6) is 5.75 Å². The standard InChI is InChI=1S/C24H19N5O/c1-30-23-14-22-20(13-17(23)5-6-18-4-2-3-10-25-18)24(28-15-27-22)29-19-7-8-21-16(12-19)9-11-26-21/h2-15,26H,1H3,(H,27,28,29). The summed E-state index contributed by atoms with van der Waals surface area (Å²) in [6, 6.07) is 18.0. The Kier molecular flexibility index (Phi) is 4.57. The van der Waals surface area contributed by atoms with E-state index in [4.69, 9.17) is 4.74 Å². The number of fused-ring (bicyclic) bond motifs is 2. The molecule has 5 aromatic rings. The minimum atomic E-state index is 0.741. The third-order valence-electron chi connectivity index (χ3n) is 4.92. The van der Waals surface area contributed by atoms with E-state index in [-0.39, 0.29) is 0 Å². The van der Waals surface area contributed by atoms with Crippen LogP contribution in [0, 0.1) is 0 Å². The zero-order chi connectivity index (χ0) is 20.3. The third-order valence-corrected chi connectivity index (χ3v) is 4.92. The average molecular weight is 393 g/mol. The molecule has 3 heterocycles. The molecular formula is C24H19N5O. The van der Waals surface area contributed by atoms with Gasteiger partial charge in [0.05, 0.1) is 18.3 Å². The van der Waals surface area contributed by atoms with Gasteiger partial charge in [-0.25, -0.2) is 9.97 Å². The van der Waals surface area contributed by atoms with E-state index in [0.29, 0.717) is 0 Å². The molecule has 0 aliphatic carbocycles. The monoisotopic (exact) mass is 393 g/mol. The lowest BCUT2D eigenvalue weighted by Crippen LogP contribution is -1.97. The highest BCUT2D eigenvalue weighted by molar-refractivity contribution is 5.95. The highest BCUT2D eigenvalue weighted by Gasteiger charge is 2.10. The molecule has 30 heavy (non-hydrogen) atoms. The molecule has 0 fully saturated rings. The summed E-state index contributed by atoms with van der Waals surface area (Å²) < 4.78 is 5.58. The summed E-state index contributed by atoms with van der Waals surface area (Å²) in [6.07, 6.45) is 9.21. The Morgan fingerprint density at radius 3 is 2.80 bits per heavy atom. The smallest absolute Gasteiger partial charge is 0.141 e. The molecule has 6 heteroatoms. The second-order valence-corrected chi connectivity index (χ2v) is 6.83. The van der Waals surface area contributed by atoms with E-state index in [2.05, 4.69) is 31.3 Å². The van der Waals surface area contributed by atoms with Gasteiger partial charge in [0.2, 0.25) is 0 Å². The van der Waals surface area contributed by atoms with Crippen molar-refractivity contribution in [1.82, 2.24) is 19.9 Å². The van der Waals surface area contributed by atoms with Gasteiger partial charge in [-0.15, -0.1) is 0 Å². The van der Waals surface area contributed by atoms with Gasteiger partial charge in [-0.2, -0.15) is 0 Å². The Morgan fingerprint density at radius 2 is 1.93 bits per heavy atom. The number of aromatic amines is 1. The van der Waals surface area contributed by atoms with Gasteiger partial charge in [-0.1, -0.05) is 6.07 Å². The van der Waals surface area contributed by atoms with Crippen LogP contribution in [0.15, 0.2) is 73.3 Å². The lowest BCUT2D eigenvalue weighted by atomic mass is 10.1. The van der Waals surface area contributed by atoms with Crippen LogP contribution < -0.4 is 10.1 Å². The fourth-order valence-corrected chi connectivity index (χ4v) is 3.42. The Balaban J connectivity index is 1.56. The summed E-state index contributed by atoms with van der Waals surface area (Å²) in [5.41, 5.74) is 4.67. The Bertz CT molecular complexity index is 1360. The van der Waals surface area contributed by atoms with Gasteiger partial charge >= 0.3 is 0 Å². The molecule has 0 spiro atoms. The van der Waals surface area contributed by atoms with E-state index < -0.39 is 0 Å². The number of ether oxygens (including phenoxy) is 1. The number of pyridine rings is 1. The lowest BCUT2D eigenvalue weighted by Gasteiger charge is -2.11. The first-order valence-corrected chi connectivity index (χ1v) is 9.56. The molecule has 0 amide bonds. The molecule has 5 rings (SSSR count). The summed E-state index contributed by atoms with van der Waals surface area (Å²) in [5.74, 6) is 1.48. The highest BCUT2D eigenvalue weighted by Crippen LogP contribution is 2.31. The summed E-state index contributed by atoms with van der Waals surface area (Å²) in [6.45, 7) is 0. The van der Waals surface area contributed by atoms with E-state index in [1.165, 1.54) is 0 Å². The van der Waals surface area contributed by atoms with Crippen LogP contribution in [0.4, 0.5) is 11.5 Å². The van der Waals surface area contributed by atoms with E-state index in [1.54, 1.807) is 19.6 Å². The van der Waals surface area contributed by atoms with Crippen LogP contribution in [0.1, 0.15) is 11.3 Å².